The Morgan fingerprint density at radius 2 is 1.09 bits per heavy atom. The number of hydrogen-bond donors (Lipinski definition) is 2. The lowest BCUT2D eigenvalue weighted by atomic mass is 9.88. The first-order valence-electron chi connectivity index (χ1n) is 18.3. The summed E-state index contributed by atoms with van der Waals surface area (Å²) < 4.78 is 12.9. The molecule has 1 aliphatic rings. The van der Waals surface area contributed by atoms with Crippen LogP contribution in [0.5, 0.6) is 0 Å². The molecule has 1 aliphatic heterocycles. The predicted octanol–water partition coefficient (Wildman–Crippen LogP) is 12.3. The molecule has 0 spiro atoms. The molecule has 0 aliphatic carbocycles. The van der Waals surface area contributed by atoms with Gasteiger partial charge in [0.15, 0.2) is 0 Å². The van der Waals surface area contributed by atoms with Crippen LogP contribution < -0.4 is 10.6 Å². The van der Waals surface area contributed by atoms with E-state index in [9.17, 15) is 0 Å². The van der Waals surface area contributed by atoms with E-state index in [1.165, 1.54) is 10.9 Å². The third kappa shape index (κ3) is 5.01. The van der Waals surface area contributed by atoms with Gasteiger partial charge in [0.05, 0.1) is 0 Å². The molecule has 10 aromatic rings. The summed E-state index contributed by atoms with van der Waals surface area (Å²) in [6.07, 6.45) is -0.717. The molecule has 2 aromatic heterocycles. The van der Waals surface area contributed by atoms with E-state index in [4.69, 9.17) is 13.8 Å². The minimum absolute atomic E-state index is 0.353. The molecule has 0 saturated carbocycles. The van der Waals surface area contributed by atoms with Crippen molar-refractivity contribution in [3.05, 3.63) is 193 Å². The summed E-state index contributed by atoms with van der Waals surface area (Å²) in [6, 6.07) is 61.6. The van der Waals surface area contributed by atoms with Gasteiger partial charge < -0.3 is 14.2 Å². The Hall–Kier alpha value is -6.95. The third-order valence-electron chi connectivity index (χ3n) is 10.8. The van der Waals surface area contributed by atoms with Crippen LogP contribution in [-0.4, -0.2) is 5.84 Å². The number of fused-ring (bicyclic) bond motifs is 7. The van der Waals surface area contributed by atoms with Crippen LogP contribution >= 0.6 is 0 Å². The molecule has 11 rings (SSSR count). The van der Waals surface area contributed by atoms with Crippen LogP contribution in [0, 0.1) is 0 Å². The molecule has 0 fully saturated rings. The smallest absolute Gasteiger partial charge is 0.136 e. The van der Waals surface area contributed by atoms with Gasteiger partial charge in [-0.05, 0) is 75.0 Å². The van der Waals surface area contributed by atoms with E-state index >= 15 is 0 Å². The molecule has 0 saturated heterocycles. The van der Waals surface area contributed by atoms with E-state index in [0.717, 1.165) is 88.5 Å². The van der Waals surface area contributed by atoms with Crippen molar-refractivity contribution < 1.29 is 8.83 Å². The van der Waals surface area contributed by atoms with Crippen molar-refractivity contribution in [2.75, 3.05) is 0 Å². The second-order valence-corrected chi connectivity index (χ2v) is 14.0. The highest BCUT2D eigenvalue weighted by Gasteiger charge is 2.31. The van der Waals surface area contributed by atoms with Gasteiger partial charge in [0.25, 0.3) is 0 Å². The lowest BCUT2D eigenvalue weighted by molar-refractivity contribution is 0.412. The van der Waals surface area contributed by atoms with Gasteiger partial charge >= 0.3 is 0 Å². The number of benzene rings is 8. The summed E-state index contributed by atoms with van der Waals surface area (Å²) in [5.41, 5.74) is 11.2. The second-order valence-electron chi connectivity index (χ2n) is 14.0. The van der Waals surface area contributed by atoms with E-state index < -0.39 is 0 Å². The third-order valence-corrected chi connectivity index (χ3v) is 10.8. The molecule has 3 heterocycles. The zero-order chi connectivity index (χ0) is 35.6. The van der Waals surface area contributed by atoms with E-state index in [-0.39, 0.29) is 12.3 Å². The summed E-state index contributed by atoms with van der Waals surface area (Å²) in [7, 11) is 0. The number of rotatable bonds is 5. The highest BCUT2D eigenvalue weighted by atomic mass is 16.3. The maximum Gasteiger partial charge on any atom is 0.136 e. The van der Waals surface area contributed by atoms with Crippen molar-refractivity contribution in [3.63, 3.8) is 0 Å². The average molecular weight is 696 g/mol. The Labute approximate surface area is 311 Å². The van der Waals surface area contributed by atoms with E-state index in [2.05, 4.69) is 168 Å². The number of nitrogens with one attached hydrogen (secondary N) is 2. The molecule has 2 N–H and O–H groups in total. The molecule has 0 amide bonds. The zero-order valence-corrected chi connectivity index (χ0v) is 29.2. The fraction of sp³-hybridized carbons (Fsp3) is 0.0408. The molecule has 2 atom stereocenters. The van der Waals surface area contributed by atoms with Crippen LogP contribution in [0.25, 0.3) is 76.9 Å². The Kier molecular flexibility index (Phi) is 7.00. The first-order valence-corrected chi connectivity index (χ1v) is 18.3. The fourth-order valence-corrected chi connectivity index (χ4v) is 8.24. The highest BCUT2D eigenvalue weighted by molar-refractivity contribution is 6.14. The quantitative estimate of drug-likeness (QED) is 0.188. The lowest BCUT2D eigenvalue weighted by Gasteiger charge is -2.34. The lowest BCUT2D eigenvalue weighted by Crippen LogP contribution is -2.45. The minimum atomic E-state index is -0.365. The molecule has 8 aromatic carbocycles. The molecule has 256 valence electrons. The standard InChI is InChI=1S/C49H33N3O2/c1-3-13-30(14-4-1)35-19-9-10-20-36(35)38-24-26-43-45(40-27-32-17-7-8-18-33(32)29-44(40)54-43)46(38)49-51-47(31-15-5-2-6-16-31)50-48(52-49)34-23-25-42-39(28-34)37-21-11-12-22-41(37)53-42/h1-29,48-49,52H,(H,50,51). The minimum Gasteiger partial charge on any atom is -0.456 e. The van der Waals surface area contributed by atoms with E-state index in [1.807, 2.05) is 18.2 Å². The molecule has 5 nitrogen and oxygen atoms in total. The largest absolute Gasteiger partial charge is 0.456 e. The monoisotopic (exact) mass is 695 g/mol. The van der Waals surface area contributed by atoms with Crippen molar-refractivity contribution in [2.45, 2.75) is 12.3 Å². The number of aliphatic imine (C=N–C) groups is 1. The molecule has 0 radical (unpaired) electrons. The molecular formula is C49H33N3O2. The number of furan rings is 2. The van der Waals surface area contributed by atoms with Crippen LogP contribution in [0.3, 0.4) is 0 Å². The number of amidine groups is 1. The molecule has 54 heavy (non-hydrogen) atoms. The molecular weight excluding hydrogens is 663 g/mol. The van der Waals surface area contributed by atoms with Crippen LogP contribution in [0.4, 0.5) is 0 Å². The first kappa shape index (κ1) is 30.7. The number of para-hydroxylation sites is 1. The predicted molar refractivity (Wildman–Crippen MR) is 221 cm³/mol. The van der Waals surface area contributed by atoms with Gasteiger partial charge in [-0.1, -0.05) is 140 Å². The first-order chi connectivity index (χ1) is 26.7. The molecule has 5 heteroatoms. The van der Waals surface area contributed by atoms with Gasteiger partial charge in [-0.3, -0.25) is 5.32 Å². The maximum atomic E-state index is 6.70. The summed E-state index contributed by atoms with van der Waals surface area (Å²) in [5.74, 6) is 0.819. The van der Waals surface area contributed by atoms with E-state index in [0.29, 0.717) is 0 Å². The van der Waals surface area contributed by atoms with E-state index in [1.54, 1.807) is 0 Å². The van der Waals surface area contributed by atoms with Crippen LogP contribution in [0.15, 0.2) is 190 Å². The maximum absolute atomic E-state index is 6.70. The summed E-state index contributed by atoms with van der Waals surface area (Å²) >= 11 is 0. The van der Waals surface area contributed by atoms with Gasteiger partial charge in [0, 0.05) is 32.7 Å². The number of nitrogens with zero attached hydrogens (tertiary/aromatic N) is 1. The number of hydrogen-bond acceptors (Lipinski definition) is 5. The van der Waals surface area contributed by atoms with Crippen molar-refractivity contribution in [3.8, 4) is 22.3 Å². The van der Waals surface area contributed by atoms with Gasteiger partial charge in [-0.15, -0.1) is 0 Å². The van der Waals surface area contributed by atoms with Gasteiger partial charge in [0.2, 0.25) is 0 Å². The second kappa shape index (κ2) is 12.3. The van der Waals surface area contributed by atoms with Crippen LogP contribution in [0.2, 0.25) is 0 Å². The van der Waals surface area contributed by atoms with Crippen LogP contribution in [0.1, 0.15) is 29.0 Å². The van der Waals surface area contributed by atoms with Gasteiger partial charge in [0.1, 0.15) is 40.5 Å². The summed E-state index contributed by atoms with van der Waals surface area (Å²) in [5, 5.41) is 14.5. The van der Waals surface area contributed by atoms with Crippen molar-refractivity contribution >= 4 is 60.5 Å². The fourth-order valence-electron chi connectivity index (χ4n) is 8.24. The highest BCUT2D eigenvalue weighted by Crippen LogP contribution is 2.44. The zero-order valence-electron chi connectivity index (χ0n) is 29.2. The van der Waals surface area contributed by atoms with Gasteiger partial charge in [-0.25, -0.2) is 4.99 Å². The molecule has 0 bridgehead atoms. The van der Waals surface area contributed by atoms with Crippen LogP contribution in [-0.2, 0) is 0 Å². The Morgan fingerprint density at radius 3 is 1.93 bits per heavy atom. The summed E-state index contributed by atoms with van der Waals surface area (Å²) in [6.45, 7) is 0. The Bertz CT molecular complexity index is 3070. The Morgan fingerprint density at radius 1 is 0.444 bits per heavy atom. The van der Waals surface area contributed by atoms with Crippen molar-refractivity contribution in [1.82, 2.24) is 10.6 Å². The summed E-state index contributed by atoms with van der Waals surface area (Å²) in [4.78, 5) is 5.35. The van der Waals surface area contributed by atoms with Crippen molar-refractivity contribution in [1.29, 1.82) is 0 Å². The van der Waals surface area contributed by atoms with Gasteiger partial charge in [-0.2, -0.15) is 0 Å². The topological polar surface area (TPSA) is 62.7 Å². The SMILES string of the molecule is c1ccc(C2=NC(c3ccc4oc5ccccc5c4c3)NC(c3c(-c4ccccc4-c4ccccc4)ccc4oc5cc6ccccc6cc5c34)N2)cc1. The van der Waals surface area contributed by atoms with Crippen molar-refractivity contribution in [2.24, 2.45) is 4.99 Å². The average Bonchev–Trinajstić information content (AvgIpc) is 3.80. The normalized spacial score (nSPS) is 16.0. The Balaban J connectivity index is 1.17. The molecule has 2 unspecified atom stereocenters.